The van der Waals surface area contributed by atoms with Crippen molar-refractivity contribution in [3.05, 3.63) is 24.5 Å². The van der Waals surface area contributed by atoms with E-state index in [0.29, 0.717) is 13.0 Å². The molecule has 3 atom stereocenters. The molecule has 5 N–H and O–H groups in total. The Kier molecular flexibility index (Phi) is 3.78. The van der Waals surface area contributed by atoms with Crippen molar-refractivity contribution in [2.45, 2.75) is 18.5 Å². The molecule has 0 bridgehead atoms. The second-order valence-corrected chi connectivity index (χ2v) is 4.64. The van der Waals surface area contributed by atoms with Crippen molar-refractivity contribution in [1.82, 2.24) is 4.98 Å². The lowest BCUT2D eigenvalue weighted by Crippen LogP contribution is -2.59. The fourth-order valence-electron chi connectivity index (χ4n) is 2.57. The van der Waals surface area contributed by atoms with Gasteiger partial charge in [0.05, 0.1) is 0 Å². The predicted molar refractivity (Wildman–Crippen MR) is 67.7 cm³/mol. The van der Waals surface area contributed by atoms with Gasteiger partial charge >= 0.3 is 0 Å². The van der Waals surface area contributed by atoms with E-state index < -0.39 is 11.9 Å². The van der Waals surface area contributed by atoms with Gasteiger partial charge in [0.2, 0.25) is 5.91 Å². The summed E-state index contributed by atoms with van der Waals surface area (Å²) in [5, 5.41) is 9.39. The number of aliphatic hydroxyl groups excluding tert-OH is 1. The fourth-order valence-corrected chi connectivity index (χ4v) is 2.57. The summed E-state index contributed by atoms with van der Waals surface area (Å²) in [6.45, 7) is 0.455. The van der Waals surface area contributed by atoms with Gasteiger partial charge in [-0.3, -0.25) is 9.78 Å². The van der Waals surface area contributed by atoms with Crippen molar-refractivity contribution in [3.63, 3.8) is 0 Å². The van der Waals surface area contributed by atoms with Gasteiger partial charge in [-0.15, -0.1) is 0 Å². The van der Waals surface area contributed by atoms with E-state index in [9.17, 15) is 9.90 Å². The van der Waals surface area contributed by atoms with E-state index in [1.54, 1.807) is 12.4 Å². The van der Waals surface area contributed by atoms with Crippen molar-refractivity contribution in [1.29, 1.82) is 0 Å². The minimum Gasteiger partial charge on any atom is -0.396 e. The van der Waals surface area contributed by atoms with Gasteiger partial charge in [0, 0.05) is 43.2 Å². The summed E-state index contributed by atoms with van der Waals surface area (Å²) in [6.07, 6.45) is 3.91. The number of anilines is 1. The summed E-state index contributed by atoms with van der Waals surface area (Å²) >= 11 is 0. The average Bonchev–Trinajstić information content (AvgIpc) is 2.38. The van der Waals surface area contributed by atoms with Crippen molar-refractivity contribution < 1.29 is 9.90 Å². The SMILES string of the molecule is NC(=O)C1C(CO)CC(N)CN1c1ccncc1. The third kappa shape index (κ3) is 2.44. The number of carbonyl (C=O) groups is 1. The molecule has 0 spiro atoms. The van der Waals surface area contributed by atoms with Gasteiger partial charge in [0.1, 0.15) is 6.04 Å². The first-order chi connectivity index (χ1) is 8.63. The number of pyridine rings is 1. The second-order valence-electron chi connectivity index (χ2n) is 4.64. The summed E-state index contributed by atoms with van der Waals surface area (Å²) < 4.78 is 0. The van der Waals surface area contributed by atoms with Crippen LogP contribution in [0, 0.1) is 5.92 Å². The lowest BCUT2D eigenvalue weighted by molar-refractivity contribution is -0.121. The van der Waals surface area contributed by atoms with Crippen LogP contribution in [0.1, 0.15) is 6.42 Å². The summed E-state index contributed by atoms with van der Waals surface area (Å²) in [6, 6.07) is 3.02. The number of piperidine rings is 1. The molecule has 0 radical (unpaired) electrons. The Morgan fingerprint density at radius 1 is 1.50 bits per heavy atom. The summed E-state index contributed by atoms with van der Waals surface area (Å²) in [5.41, 5.74) is 12.3. The fraction of sp³-hybridized carbons (Fsp3) is 0.500. The molecule has 1 fully saturated rings. The maximum atomic E-state index is 11.6. The quantitative estimate of drug-likeness (QED) is 0.643. The molecule has 2 rings (SSSR count). The van der Waals surface area contributed by atoms with E-state index in [-0.39, 0.29) is 18.6 Å². The summed E-state index contributed by atoms with van der Waals surface area (Å²) in [5.74, 6) is -0.655. The van der Waals surface area contributed by atoms with Crippen LogP contribution in [0.3, 0.4) is 0 Å². The summed E-state index contributed by atoms with van der Waals surface area (Å²) in [7, 11) is 0. The first kappa shape index (κ1) is 12.8. The van der Waals surface area contributed by atoms with Gasteiger partial charge in [-0.25, -0.2) is 0 Å². The largest absolute Gasteiger partial charge is 0.396 e. The van der Waals surface area contributed by atoms with Gasteiger partial charge in [-0.2, -0.15) is 0 Å². The number of aromatic nitrogens is 1. The Morgan fingerprint density at radius 2 is 2.17 bits per heavy atom. The highest BCUT2D eigenvalue weighted by Gasteiger charge is 2.38. The number of aliphatic hydroxyl groups is 1. The lowest BCUT2D eigenvalue weighted by atomic mass is 9.86. The highest BCUT2D eigenvalue weighted by atomic mass is 16.3. The molecule has 1 aliphatic heterocycles. The van der Waals surface area contributed by atoms with Crippen LogP contribution in [-0.2, 0) is 4.79 Å². The topological polar surface area (TPSA) is 105 Å². The van der Waals surface area contributed by atoms with Crippen molar-refractivity contribution in [2.24, 2.45) is 17.4 Å². The van der Waals surface area contributed by atoms with E-state index in [1.165, 1.54) is 0 Å². The molecule has 3 unspecified atom stereocenters. The molecule has 98 valence electrons. The van der Waals surface area contributed by atoms with Gasteiger partial charge < -0.3 is 21.5 Å². The van der Waals surface area contributed by atoms with Gasteiger partial charge in [-0.1, -0.05) is 0 Å². The Balaban J connectivity index is 2.32. The zero-order valence-electron chi connectivity index (χ0n) is 10.1. The minimum atomic E-state index is -0.516. The van der Waals surface area contributed by atoms with E-state index in [0.717, 1.165) is 5.69 Å². The average molecular weight is 250 g/mol. The molecule has 6 nitrogen and oxygen atoms in total. The number of hydrogen-bond acceptors (Lipinski definition) is 5. The van der Waals surface area contributed by atoms with E-state index in [1.807, 2.05) is 17.0 Å². The Bertz CT molecular complexity index is 412. The molecule has 1 aromatic heterocycles. The van der Waals surface area contributed by atoms with E-state index in [2.05, 4.69) is 4.98 Å². The lowest BCUT2D eigenvalue weighted by Gasteiger charge is -2.42. The van der Waals surface area contributed by atoms with Crippen LogP contribution in [0.4, 0.5) is 5.69 Å². The molecule has 1 aliphatic rings. The zero-order chi connectivity index (χ0) is 13.1. The molecule has 1 saturated heterocycles. The standard InChI is InChI=1S/C12H18N4O2/c13-9-5-8(7-17)11(12(14)18)16(6-9)10-1-3-15-4-2-10/h1-4,8-9,11,17H,5-7,13H2,(H2,14,18). The Hall–Kier alpha value is -1.66. The molecule has 0 saturated carbocycles. The zero-order valence-corrected chi connectivity index (χ0v) is 10.1. The first-order valence-corrected chi connectivity index (χ1v) is 5.96. The smallest absolute Gasteiger partial charge is 0.240 e. The van der Waals surface area contributed by atoms with Crippen LogP contribution in [0.15, 0.2) is 24.5 Å². The predicted octanol–water partition coefficient (Wildman–Crippen LogP) is -0.919. The van der Waals surface area contributed by atoms with Gasteiger partial charge in [0.15, 0.2) is 0 Å². The Labute approximate surface area is 106 Å². The number of primary amides is 1. The molecule has 0 aromatic carbocycles. The van der Waals surface area contributed by atoms with Crippen molar-refractivity contribution >= 4 is 11.6 Å². The number of carbonyl (C=O) groups excluding carboxylic acids is 1. The molecule has 2 heterocycles. The number of rotatable bonds is 3. The van der Waals surface area contributed by atoms with Crippen LogP contribution in [0.2, 0.25) is 0 Å². The van der Waals surface area contributed by atoms with E-state index >= 15 is 0 Å². The van der Waals surface area contributed by atoms with E-state index in [4.69, 9.17) is 11.5 Å². The molecule has 18 heavy (non-hydrogen) atoms. The monoisotopic (exact) mass is 250 g/mol. The maximum absolute atomic E-state index is 11.6. The maximum Gasteiger partial charge on any atom is 0.240 e. The molecular formula is C12H18N4O2. The van der Waals surface area contributed by atoms with Crippen LogP contribution < -0.4 is 16.4 Å². The third-order valence-corrected chi connectivity index (χ3v) is 3.34. The molecule has 0 aliphatic carbocycles. The van der Waals surface area contributed by atoms with Gasteiger partial charge in [-0.05, 0) is 18.6 Å². The van der Waals surface area contributed by atoms with Crippen LogP contribution in [-0.4, -0.2) is 41.2 Å². The van der Waals surface area contributed by atoms with Crippen molar-refractivity contribution in [3.8, 4) is 0 Å². The second kappa shape index (κ2) is 5.32. The van der Waals surface area contributed by atoms with Gasteiger partial charge in [0.25, 0.3) is 0 Å². The minimum absolute atomic E-state index is 0.0779. The normalized spacial score (nSPS) is 28.1. The number of hydrogen-bond donors (Lipinski definition) is 3. The number of nitrogens with zero attached hydrogens (tertiary/aromatic N) is 2. The number of amides is 1. The highest BCUT2D eigenvalue weighted by molar-refractivity contribution is 5.84. The van der Waals surface area contributed by atoms with Crippen LogP contribution in [0.25, 0.3) is 0 Å². The first-order valence-electron chi connectivity index (χ1n) is 5.96. The number of nitrogens with two attached hydrogens (primary N) is 2. The molecule has 1 amide bonds. The molecular weight excluding hydrogens is 232 g/mol. The highest BCUT2D eigenvalue weighted by Crippen LogP contribution is 2.27. The molecule has 6 heteroatoms. The molecule has 1 aromatic rings. The van der Waals surface area contributed by atoms with Crippen LogP contribution in [0.5, 0.6) is 0 Å². The summed E-state index contributed by atoms with van der Waals surface area (Å²) in [4.78, 5) is 17.4. The third-order valence-electron chi connectivity index (χ3n) is 3.34. The van der Waals surface area contributed by atoms with Crippen LogP contribution >= 0.6 is 0 Å². The van der Waals surface area contributed by atoms with Crippen molar-refractivity contribution in [2.75, 3.05) is 18.1 Å². The Morgan fingerprint density at radius 3 is 2.72 bits per heavy atom.